The van der Waals surface area contributed by atoms with Crippen molar-refractivity contribution in [3.05, 3.63) is 13.6 Å². The highest BCUT2D eigenvalue weighted by Gasteiger charge is 2.35. The van der Waals surface area contributed by atoms with Crippen LogP contribution in [-0.4, -0.2) is 37.0 Å². The molecule has 19 heavy (non-hydrogen) atoms. The van der Waals surface area contributed by atoms with Crippen molar-refractivity contribution in [1.82, 2.24) is 4.31 Å². The second-order valence-corrected chi connectivity index (χ2v) is 10.1. The monoisotopic (exact) mass is 431 g/mol. The van der Waals surface area contributed by atoms with Crippen LogP contribution in [0.15, 0.2) is 18.5 Å². The molecule has 4 nitrogen and oxygen atoms in total. The first-order valence-electron chi connectivity index (χ1n) is 6.04. The quantitative estimate of drug-likeness (QED) is 0.794. The van der Waals surface area contributed by atoms with Crippen LogP contribution in [0.4, 0.5) is 0 Å². The predicted molar refractivity (Wildman–Crippen MR) is 83.0 cm³/mol. The lowest BCUT2D eigenvalue weighted by Crippen LogP contribution is -2.44. The highest BCUT2D eigenvalue weighted by Crippen LogP contribution is 2.38. The van der Waals surface area contributed by atoms with Gasteiger partial charge in [0.1, 0.15) is 4.90 Å². The third kappa shape index (κ3) is 3.41. The maximum Gasteiger partial charge on any atom is 0.245 e. The summed E-state index contributed by atoms with van der Waals surface area (Å²) in [7, 11) is -3.49. The lowest BCUT2D eigenvalue weighted by atomic mass is 10.0. The molecule has 0 saturated carbocycles. The Hall–Kier alpha value is 0.530. The number of rotatable bonds is 4. The van der Waals surface area contributed by atoms with Gasteiger partial charge in [0.15, 0.2) is 0 Å². The van der Waals surface area contributed by atoms with E-state index in [1.54, 1.807) is 10.4 Å². The number of aliphatic hydroxyl groups excluding tert-OH is 1. The van der Waals surface area contributed by atoms with E-state index in [4.69, 9.17) is 5.11 Å². The van der Waals surface area contributed by atoms with Gasteiger partial charge in [0, 0.05) is 19.2 Å². The normalized spacial score (nSPS) is 21.7. The number of hydrogen-bond acceptors (Lipinski definition) is 4. The van der Waals surface area contributed by atoms with Gasteiger partial charge in [0.25, 0.3) is 0 Å². The summed E-state index contributed by atoms with van der Waals surface area (Å²) in [6.45, 7) is 0.554. The SMILES string of the molecule is O=S(=O)(c1cc(Br)sc1Br)N1CCCCC1CCO. The fraction of sp³-hybridized carbons (Fsp3) is 0.636. The smallest absolute Gasteiger partial charge is 0.245 e. The van der Waals surface area contributed by atoms with Crippen LogP contribution in [0.5, 0.6) is 0 Å². The molecule has 1 aliphatic rings. The minimum Gasteiger partial charge on any atom is -0.396 e. The Bertz CT molecular complexity index is 542. The van der Waals surface area contributed by atoms with Gasteiger partial charge < -0.3 is 5.11 Å². The molecule has 0 aliphatic carbocycles. The maximum atomic E-state index is 12.7. The molecule has 1 aromatic heterocycles. The Labute approximate surface area is 134 Å². The minimum atomic E-state index is -3.49. The topological polar surface area (TPSA) is 57.6 Å². The number of aliphatic hydroxyl groups is 1. The molecule has 1 saturated heterocycles. The Morgan fingerprint density at radius 2 is 2.16 bits per heavy atom. The molecule has 0 bridgehead atoms. The van der Waals surface area contributed by atoms with E-state index in [-0.39, 0.29) is 12.6 Å². The Balaban J connectivity index is 2.34. The van der Waals surface area contributed by atoms with E-state index in [1.165, 1.54) is 11.3 Å². The van der Waals surface area contributed by atoms with E-state index in [0.717, 1.165) is 23.0 Å². The van der Waals surface area contributed by atoms with Crippen molar-refractivity contribution in [3.8, 4) is 0 Å². The minimum absolute atomic E-state index is 0.0190. The third-order valence-electron chi connectivity index (χ3n) is 3.25. The Morgan fingerprint density at radius 3 is 2.74 bits per heavy atom. The van der Waals surface area contributed by atoms with E-state index in [9.17, 15) is 8.42 Å². The van der Waals surface area contributed by atoms with Gasteiger partial charge in [-0.25, -0.2) is 8.42 Å². The van der Waals surface area contributed by atoms with Crippen LogP contribution in [0.3, 0.4) is 0 Å². The van der Waals surface area contributed by atoms with E-state index in [0.29, 0.717) is 21.6 Å². The molecule has 1 fully saturated rings. The first-order valence-corrected chi connectivity index (χ1v) is 9.88. The number of sulfonamides is 1. The number of hydrogen-bond donors (Lipinski definition) is 1. The second kappa shape index (κ2) is 6.53. The Morgan fingerprint density at radius 1 is 1.42 bits per heavy atom. The highest BCUT2D eigenvalue weighted by atomic mass is 79.9. The van der Waals surface area contributed by atoms with Gasteiger partial charge in [-0.3, -0.25) is 0 Å². The summed E-state index contributed by atoms with van der Waals surface area (Å²) < 4.78 is 28.4. The fourth-order valence-electron chi connectivity index (χ4n) is 2.36. The molecular formula is C11H15Br2NO3S2. The Kier molecular flexibility index (Phi) is 5.47. The number of halogens is 2. The van der Waals surface area contributed by atoms with E-state index in [1.807, 2.05) is 0 Å². The molecule has 1 atom stereocenters. The lowest BCUT2D eigenvalue weighted by Gasteiger charge is -2.34. The molecule has 8 heteroatoms. The van der Waals surface area contributed by atoms with Crippen molar-refractivity contribution >= 4 is 53.2 Å². The average molecular weight is 433 g/mol. The third-order valence-corrected chi connectivity index (χ3v) is 7.95. The number of piperidine rings is 1. The van der Waals surface area contributed by atoms with Crippen molar-refractivity contribution in [1.29, 1.82) is 0 Å². The summed E-state index contributed by atoms with van der Waals surface area (Å²) >= 11 is 7.98. The lowest BCUT2D eigenvalue weighted by molar-refractivity contribution is 0.192. The molecule has 1 N–H and O–H groups in total. The van der Waals surface area contributed by atoms with Gasteiger partial charge in [-0.05, 0) is 57.2 Å². The summed E-state index contributed by atoms with van der Waals surface area (Å²) in [5.41, 5.74) is 0. The van der Waals surface area contributed by atoms with Crippen molar-refractivity contribution in [2.24, 2.45) is 0 Å². The summed E-state index contributed by atoms with van der Waals surface area (Å²) in [6.07, 6.45) is 3.22. The van der Waals surface area contributed by atoms with Crippen LogP contribution in [0.1, 0.15) is 25.7 Å². The first kappa shape index (κ1) is 15.9. The fourth-order valence-corrected chi connectivity index (χ4v) is 7.84. The molecule has 1 aliphatic heterocycles. The average Bonchev–Trinajstić information content (AvgIpc) is 2.70. The van der Waals surface area contributed by atoms with Crippen LogP contribution >= 0.6 is 43.2 Å². The first-order chi connectivity index (χ1) is 8.96. The summed E-state index contributed by atoms with van der Waals surface area (Å²) in [6, 6.07) is 1.55. The van der Waals surface area contributed by atoms with E-state index >= 15 is 0 Å². The zero-order chi connectivity index (χ0) is 14.0. The molecule has 0 amide bonds. The molecule has 0 aromatic carbocycles. The summed E-state index contributed by atoms with van der Waals surface area (Å²) in [4.78, 5) is 0.314. The molecule has 2 rings (SSSR count). The van der Waals surface area contributed by atoms with Crippen molar-refractivity contribution in [2.75, 3.05) is 13.2 Å². The maximum absolute atomic E-state index is 12.7. The van der Waals surface area contributed by atoms with Gasteiger partial charge in [-0.1, -0.05) is 6.42 Å². The molecular weight excluding hydrogens is 418 g/mol. The van der Waals surface area contributed by atoms with Gasteiger partial charge in [0.2, 0.25) is 10.0 Å². The van der Waals surface area contributed by atoms with Crippen molar-refractivity contribution in [2.45, 2.75) is 36.6 Å². The van der Waals surface area contributed by atoms with Crippen LogP contribution in [-0.2, 0) is 10.0 Å². The zero-order valence-electron chi connectivity index (χ0n) is 10.2. The number of thiophene rings is 1. The zero-order valence-corrected chi connectivity index (χ0v) is 15.0. The van der Waals surface area contributed by atoms with Crippen LogP contribution in [0, 0.1) is 0 Å². The molecule has 0 radical (unpaired) electrons. The van der Waals surface area contributed by atoms with Gasteiger partial charge in [-0.2, -0.15) is 4.31 Å². The summed E-state index contributed by atoms with van der Waals surface area (Å²) in [5, 5.41) is 9.10. The van der Waals surface area contributed by atoms with Crippen molar-refractivity contribution in [3.63, 3.8) is 0 Å². The van der Waals surface area contributed by atoms with Gasteiger partial charge in [0.05, 0.1) is 7.57 Å². The predicted octanol–water partition coefficient (Wildman–Crippen LogP) is 3.20. The van der Waals surface area contributed by atoms with E-state index < -0.39 is 10.0 Å². The van der Waals surface area contributed by atoms with Crippen LogP contribution in [0.2, 0.25) is 0 Å². The standard InChI is InChI=1S/C11H15Br2NO3S2/c12-10-7-9(11(13)18-10)19(16,17)14-5-2-1-3-8(14)4-6-15/h7-8,15H,1-6H2. The van der Waals surface area contributed by atoms with Crippen LogP contribution in [0.25, 0.3) is 0 Å². The highest BCUT2D eigenvalue weighted by molar-refractivity contribution is 9.12. The molecule has 1 aromatic rings. The van der Waals surface area contributed by atoms with Gasteiger partial charge in [-0.15, -0.1) is 11.3 Å². The second-order valence-electron chi connectivity index (χ2n) is 4.47. The van der Waals surface area contributed by atoms with E-state index in [2.05, 4.69) is 31.9 Å². The van der Waals surface area contributed by atoms with Crippen molar-refractivity contribution < 1.29 is 13.5 Å². The number of nitrogens with zero attached hydrogens (tertiary/aromatic N) is 1. The van der Waals surface area contributed by atoms with Crippen LogP contribution < -0.4 is 0 Å². The molecule has 1 unspecified atom stereocenters. The molecule has 2 heterocycles. The molecule has 108 valence electrons. The largest absolute Gasteiger partial charge is 0.396 e. The summed E-state index contributed by atoms with van der Waals surface area (Å²) in [5.74, 6) is 0. The van der Waals surface area contributed by atoms with Gasteiger partial charge >= 0.3 is 0 Å². The molecule has 0 spiro atoms.